The third-order valence-electron chi connectivity index (χ3n) is 2.27. The van der Waals surface area contributed by atoms with Gasteiger partial charge in [0.05, 0.1) is 10.6 Å². The number of non-ortho nitro benzene ring substituents is 1. The predicted molar refractivity (Wildman–Crippen MR) is 68.5 cm³/mol. The number of aliphatic imine (C=N–C) groups is 1. The highest BCUT2D eigenvalue weighted by molar-refractivity contribution is 5.82. The van der Waals surface area contributed by atoms with Crippen molar-refractivity contribution in [3.05, 3.63) is 64.2 Å². The Labute approximate surface area is 103 Å². The quantitative estimate of drug-likeness (QED) is 0.510. The van der Waals surface area contributed by atoms with E-state index in [0.717, 1.165) is 0 Å². The summed E-state index contributed by atoms with van der Waals surface area (Å²) in [5.41, 5.74) is 1.24. The number of hydrogen-bond donors (Lipinski definition) is 1. The highest BCUT2D eigenvalue weighted by Crippen LogP contribution is 2.18. The number of nitro groups is 1. The second kappa shape index (κ2) is 5.09. The molecule has 0 spiro atoms. The molecule has 0 aliphatic rings. The van der Waals surface area contributed by atoms with Crippen LogP contribution in [-0.2, 0) is 0 Å². The minimum atomic E-state index is -0.453. The molecule has 2 rings (SSSR count). The lowest BCUT2D eigenvalue weighted by Gasteiger charge is -1.96. The molecule has 0 saturated carbocycles. The maximum Gasteiger partial charge on any atom is 0.270 e. The van der Waals surface area contributed by atoms with Gasteiger partial charge in [-0.3, -0.25) is 15.1 Å². The van der Waals surface area contributed by atoms with Gasteiger partial charge >= 0.3 is 0 Å². The summed E-state index contributed by atoms with van der Waals surface area (Å²) in [5.74, 6) is 0.128. The van der Waals surface area contributed by atoms with Gasteiger partial charge in [0.2, 0.25) is 0 Å². The van der Waals surface area contributed by atoms with E-state index in [2.05, 4.69) is 4.99 Å². The SMILES string of the molecule is O=[N+]([O-])c1cccc(C=Nc2cccc(O)c2)c1. The fraction of sp³-hybridized carbons (Fsp3) is 0. The Kier molecular flexibility index (Phi) is 3.33. The topological polar surface area (TPSA) is 75.7 Å². The van der Waals surface area contributed by atoms with Gasteiger partial charge in [-0.2, -0.15) is 0 Å². The molecule has 0 atom stereocenters. The molecule has 0 aliphatic carbocycles. The van der Waals surface area contributed by atoms with Crippen LogP contribution in [0.3, 0.4) is 0 Å². The molecule has 0 fully saturated rings. The summed E-state index contributed by atoms with van der Waals surface area (Å²) in [6.45, 7) is 0. The van der Waals surface area contributed by atoms with E-state index in [1.165, 1.54) is 24.4 Å². The predicted octanol–water partition coefficient (Wildman–Crippen LogP) is 3.05. The molecule has 1 N–H and O–H groups in total. The summed E-state index contributed by atoms with van der Waals surface area (Å²) in [7, 11) is 0. The molecule has 0 aromatic heterocycles. The number of phenolic OH excluding ortho intramolecular Hbond substituents is 1. The highest BCUT2D eigenvalue weighted by Gasteiger charge is 2.03. The van der Waals surface area contributed by atoms with Crippen LogP contribution in [-0.4, -0.2) is 16.2 Å². The molecule has 0 heterocycles. The standard InChI is InChI=1S/C13H10N2O3/c16-13-6-2-4-11(8-13)14-9-10-3-1-5-12(7-10)15(17)18/h1-9,16H. The number of hydrogen-bond acceptors (Lipinski definition) is 4. The molecule has 0 radical (unpaired) electrons. The normalized spacial score (nSPS) is 10.7. The van der Waals surface area contributed by atoms with Crippen molar-refractivity contribution in [2.45, 2.75) is 0 Å². The first-order chi connectivity index (χ1) is 8.65. The number of benzene rings is 2. The number of nitrogens with zero attached hydrogens (tertiary/aromatic N) is 2. The Morgan fingerprint density at radius 2 is 1.94 bits per heavy atom. The average Bonchev–Trinajstić information content (AvgIpc) is 2.37. The highest BCUT2D eigenvalue weighted by atomic mass is 16.6. The minimum Gasteiger partial charge on any atom is -0.508 e. The number of phenols is 1. The summed E-state index contributed by atoms with van der Waals surface area (Å²) < 4.78 is 0. The third kappa shape index (κ3) is 2.91. The molecule has 0 amide bonds. The van der Waals surface area contributed by atoms with Crippen molar-refractivity contribution in [3.63, 3.8) is 0 Å². The van der Waals surface area contributed by atoms with Crippen molar-refractivity contribution in [2.75, 3.05) is 0 Å². The molecule has 0 unspecified atom stereocenters. The van der Waals surface area contributed by atoms with Crippen molar-refractivity contribution in [1.82, 2.24) is 0 Å². The zero-order chi connectivity index (χ0) is 13.0. The molecular formula is C13H10N2O3. The lowest BCUT2D eigenvalue weighted by Crippen LogP contribution is -1.89. The molecule has 90 valence electrons. The van der Waals surface area contributed by atoms with E-state index in [4.69, 9.17) is 0 Å². The fourth-order valence-corrected chi connectivity index (χ4v) is 1.44. The summed E-state index contributed by atoms with van der Waals surface area (Å²) in [5, 5.41) is 19.9. The van der Waals surface area contributed by atoms with Crippen molar-refractivity contribution in [2.24, 2.45) is 4.99 Å². The molecule has 18 heavy (non-hydrogen) atoms. The van der Waals surface area contributed by atoms with Gasteiger partial charge in [0.15, 0.2) is 0 Å². The molecule has 0 aliphatic heterocycles. The van der Waals surface area contributed by atoms with E-state index in [0.29, 0.717) is 11.3 Å². The second-order valence-electron chi connectivity index (χ2n) is 3.63. The Bertz CT molecular complexity index is 609. The van der Waals surface area contributed by atoms with E-state index >= 15 is 0 Å². The van der Waals surface area contributed by atoms with Gasteiger partial charge in [0.25, 0.3) is 5.69 Å². The van der Waals surface area contributed by atoms with E-state index in [9.17, 15) is 15.2 Å². The van der Waals surface area contributed by atoms with Crippen LogP contribution in [0.15, 0.2) is 53.5 Å². The van der Waals surface area contributed by atoms with Crippen LogP contribution in [0.2, 0.25) is 0 Å². The van der Waals surface area contributed by atoms with Crippen molar-refractivity contribution in [1.29, 1.82) is 0 Å². The lowest BCUT2D eigenvalue weighted by molar-refractivity contribution is -0.384. The van der Waals surface area contributed by atoms with E-state index < -0.39 is 4.92 Å². The van der Waals surface area contributed by atoms with Gasteiger partial charge < -0.3 is 5.11 Å². The van der Waals surface area contributed by atoms with E-state index in [1.807, 2.05) is 0 Å². The zero-order valence-electron chi connectivity index (χ0n) is 9.35. The minimum absolute atomic E-state index is 0.0230. The van der Waals surface area contributed by atoms with Crippen LogP contribution >= 0.6 is 0 Å². The molecule has 0 bridgehead atoms. The number of aromatic hydroxyl groups is 1. The van der Waals surface area contributed by atoms with Crippen LogP contribution in [0, 0.1) is 10.1 Å². The Morgan fingerprint density at radius 1 is 1.17 bits per heavy atom. The van der Waals surface area contributed by atoms with E-state index in [-0.39, 0.29) is 11.4 Å². The summed E-state index contributed by atoms with van der Waals surface area (Å²) >= 11 is 0. The van der Waals surface area contributed by atoms with Gasteiger partial charge in [-0.15, -0.1) is 0 Å². The zero-order valence-corrected chi connectivity index (χ0v) is 9.35. The maximum absolute atomic E-state index is 10.6. The van der Waals surface area contributed by atoms with Crippen LogP contribution in [0.4, 0.5) is 11.4 Å². The first-order valence-corrected chi connectivity index (χ1v) is 5.23. The van der Waals surface area contributed by atoms with Crippen LogP contribution in [0.25, 0.3) is 0 Å². The van der Waals surface area contributed by atoms with Crippen LogP contribution in [0.1, 0.15) is 5.56 Å². The van der Waals surface area contributed by atoms with Gasteiger partial charge in [0, 0.05) is 24.4 Å². The average molecular weight is 242 g/mol. The van der Waals surface area contributed by atoms with Crippen LogP contribution in [0.5, 0.6) is 5.75 Å². The summed E-state index contributed by atoms with van der Waals surface area (Å²) in [4.78, 5) is 14.3. The lowest BCUT2D eigenvalue weighted by atomic mass is 10.2. The summed E-state index contributed by atoms with van der Waals surface area (Å²) in [6.07, 6.45) is 1.52. The van der Waals surface area contributed by atoms with Crippen molar-refractivity contribution in [3.8, 4) is 5.75 Å². The smallest absolute Gasteiger partial charge is 0.270 e. The van der Waals surface area contributed by atoms with Crippen molar-refractivity contribution < 1.29 is 10.0 Å². The molecular weight excluding hydrogens is 232 g/mol. The third-order valence-corrected chi connectivity index (χ3v) is 2.27. The van der Waals surface area contributed by atoms with Gasteiger partial charge in [0.1, 0.15) is 5.75 Å². The monoisotopic (exact) mass is 242 g/mol. The van der Waals surface area contributed by atoms with Crippen molar-refractivity contribution >= 4 is 17.6 Å². The molecule has 2 aromatic carbocycles. The number of rotatable bonds is 3. The molecule has 0 saturated heterocycles. The summed E-state index contributed by atoms with van der Waals surface area (Å²) in [6, 6.07) is 12.6. The second-order valence-corrected chi connectivity index (χ2v) is 3.63. The Morgan fingerprint density at radius 3 is 2.67 bits per heavy atom. The van der Waals surface area contributed by atoms with E-state index in [1.54, 1.807) is 30.3 Å². The maximum atomic E-state index is 10.6. The van der Waals surface area contributed by atoms with Gasteiger partial charge in [-0.05, 0) is 17.7 Å². The van der Waals surface area contributed by atoms with Crippen LogP contribution < -0.4 is 0 Å². The first-order valence-electron chi connectivity index (χ1n) is 5.23. The molecule has 5 nitrogen and oxygen atoms in total. The first kappa shape index (κ1) is 11.8. The Balaban J connectivity index is 2.23. The molecule has 2 aromatic rings. The number of nitro benzene ring substituents is 1. The Hall–Kier alpha value is -2.69. The largest absolute Gasteiger partial charge is 0.508 e. The van der Waals surface area contributed by atoms with Gasteiger partial charge in [-0.1, -0.05) is 18.2 Å². The molecule has 5 heteroatoms. The van der Waals surface area contributed by atoms with Gasteiger partial charge in [-0.25, -0.2) is 0 Å². The fourth-order valence-electron chi connectivity index (χ4n) is 1.44.